The van der Waals surface area contributed by atoms with Crippen molar-refractivity contribution in [1.82, 2.24) is 0 Å². The van der Waals surface area contributed by atoms with Gasteiger partial charge in [0.25, 0.3) is 0 Å². The number of carbonyl (C=O) groups excluding carboxylic acids is 2. The molecule has 0 amide bonds. The van der Waals surface area contributed by atoms with Crippen molar-refractivity contribution in [3.8, 4) is 5.75 Å². The van der Waals surface area contributed by atoms with Crippen molar-refractivity contribution in [2.45, 2.75) is 96.7 Å². The van der Waals surface area contributed by atoms with E-state index in [0.29, 0.717) is 31.4 Å². The maximum atomic E-state index is 13.3. The summed E-state index contributed by atoms with van der Waals surface area (Å²) in [6.45, 7) is 8.01. The molecule has 202 valence electrons. The number of aliphatic hydroxyl groups is 2. The van der Waals surface area contributed by atoms with Gasteiger partial charge in [0.05, 0.1) is 18.6 Å². The summed E-state index contributed by atoms with van der Waals surface area (Å²) in [5.74, 6) is 0.171. The molecule has 7 nitrogen and oxygen atoms in total. The highest BCUT2D eigenvalue weighted by atomic mass is 16.6. The second-order valence-electron chi connectivity index (χ2n) is 10.8. The van der Waals surface area contributed by atoms with Gasteiger partial charge in [-0.3, -0.25) is 4.79 Å². The summed E-state index contributed by atoms with van der Waals surface area (Å²) in [5, 5.41) is 20.5. The SMILES string of the molecule is CCC(Oc1cccc(C)c1C)C(=O)O[C@H]1C[C@H](O)C=C2C=C[C@H](C)[C@H](CC[C@@H]3C[C@@H](O)CC(=O)O3)[C@H]21. The number of fused-ring (bicyclic) bond motifs is 1. The summed E-state index contributed by atoms with van der Waals surface area (Å²) in [6.07, 6.45) is 5.78. The molecule has 1 saturated heterocycles. The van der Waals surface area contributed by atoms with Crippen molar-refractivity contribution in [3.05, 3.63) is 53.1 Å². The number of ether oxygens (including phenoxy) is 3. The minimum absolute atomic E-state index is 0.0488. The minimum Gasteiger partial charge on any atom is -0.478 e. The number of esters is 2. The zero-order valence-corrected chi connectivity index (χ0v) is 22.3. The van der Waals surface area contributed by atoms with Crippen LogP contribution >= 0.6 is 0 Å². The van der Waals surface area contributed by atoms with Gasteiger partial charge >= 0.3 is 11.9 Å². The summed E-state index contributed by atoms with van der Waals surface area (Å²) in [7, 11) is 0. The topological polar surface area (TPSA) is 102 Å². The quantitative estimate of drug-likeness (QED) is 0.499. The fourth-order valence-electron chi connectivity index (χ4n) is 5.93. The Hall–Kier alpha value is -2.64. The molecule has 1 aliphatic heterocycles. The lowest BCUT2D eigenvalue weighted by Crippen LogP contribution is -2.44. The number of aryl methyl sites for hydroxylation is 1. The van der Waals surface area contributed by atoms with Crippen LogP contribution in [0.4, 0.5) is 0 Å². The van der Waals surface area contributed by atoms with E-state index in [1.54, 1.807) is 0 Å². The Labute approximate surface area is 219 Å². The number of benzene rings is 1. The first-order chi connectivity index (χ1) is 17.7. The zero-order chi connectivity index (χ0) is 26.7. The van der Waals surface area contributed by atoms with Crippen molar-refractivity contribution in [2.24, 2.45) is 17.8 Å². The lowest BCUT2D eigenvalue weighted by Gasteiger charge is -2.43. The average molecular weight is 513 g/mol. The van der Waals surface area contributed by atoms with Gasteiger partial charge in [0.15, 0.2) is 6.10 Å². The summed E-state index contributed by atoms with van der Waals surface area (Å²) in [5.41, 5.74) is 3.06. The molecule has 0 aromatic heterocycles. The van der Waals surface area contributed by atoms with Crippen molar-refractivity contribution in [3.63, 3.8) is 0 Å². The van der Waals surface area contributed by atoms with Crippen LogP contribution in [0, 0.1) is 31.6 Å². The van der Waals surface area contributed by atoms with E-state index in [4.69, 9.17) is 14.2 Å². The van der Waals surface area contributed by atoms with Gasteiger partial charge < -0.3 is 24.4 Å². The van der Waals surface area contributed by atoms with Crippen LogP contribution in [0.25, 0.3) is 0 Å². The molecule has 7 heteroatoms. The van der Waals surface area contributed by atoms with E-state index in [9.17, 15) is 19.8 Å². The van der Waals surface area contributed by atoms with Crippen LogP contribution in [0.15, 0.2) is 42.0 Å². The van der Waals surface area contributed by atoms with E-state index in [0.717, 1.165) is 23.1 Å². The molecule has 3 aliphatic rings. The maximum Gasteiger partial charge on any atom is 0.347 e. The van der Waals surface area contributed by atoms with E-state index in [2.05, 4.69) is 13.0 Å². The molecule has 0 spiro atoms. The van der Waals surface area contributed by atoms with Crippen LogP contribution in [0.5, 0.6) is 5.75 Å². The van der Waals surface area contributed by atoms with E-state index >= 15 is 0 Å². The van der Waals surface area contributed by atoms with Crippen LogP contribution in [0.3, 0.4) is 0 Å². The third-order valence-corrected chi connectivity index (χ3v) is 8.16. The van der Waals surface area contributed by atoms with Gasteiger partial charge in [-0.25, -0.2) is 4.79 Å². The highest BCUT2D eigenvalue weighted by Gasteiger charge is 2.43. The van der Waals surface area contributed by atoms with Gasteiger partial charge in [-0.05, 0) is 67.7 Å². The number of hydrogen-bond donors (Lipinski definition) is 2. The first kappa shape index (κ1) is 27.4. The summed E-state index contributed by atoms with van der Waals surface area (Å²) in [4.78, 5) is 25.1. The molecule has 1 aromatic rings. The van der Waals surface area contributed by atoms with Gasteiger partial charge in [-0.15, -0.1) is 0 Å². The molecule has 0 radical (unpaired) electrons. The standard InChI is InChI=1S/C30H40O7/c1-5-25(36-26-8-6-7-17(2)19(26)4)30(34)37-27-15-21(31)13-20-10-9-18(3)24(29(20)27)12-11-23-14-22(32)16-28(33)35-23/h6-10,13,18,21-25,27,29,31-32H,5,11-12,14-16H2,1-4H3/t18-,21+,22+,23+,24-,25?,27-,29-/m0/s1. The number of carbonyl (C=O) groups is 2. The van der Waals surface area contributed by atoms with E-state index in [1.165, 1.54) is 0 Å². The second kappa shape index (κ2) is 11.8. The Morgan fingerprint density at radius 1 is 1.19 bits per heavy atom. The lowest BCUT2D eigenvalue weighted by atomic mass is 9.66. The Balaban J connectivity index is 1.49. The Bertz CT molecular complexity index is 1040. The first-order valence-corrected chi connectivity index (χ1v) is 13.5. The zero-order valence-electron chi connectivity index (χ0n) is 22.3. The molecule has 0 bridgehead atoms. The fourth-order valence-corrected chi connectivity index (χ4v) is 5.93. The van der Waals surface area contributed by atoms with E-state index in [1.807, 2.05) is 51.1 Å². The average Bonchev–Trinajstić information content (AvgIpc) is 2.83. The minimum atomic E-state index is -0.745. The maximum absolute atomic E-state index is 13.3. The van der Waals surface area contributed by atoms with Crippen LogP contribution in [0.1, 0.15) is 63.5 Å². The van der Waals surface area contributed by atoms with E-state index < -0.39 is 30.4 Å². The molecular formula is C30H40O7. The monoisotopic (exact) mass is 512 g/mol. The number of aliphatic hydroxyl groups excluding tert-OH is 2. The predicted octanol–water partition coefficient (Wildman–Crippen LogP) is 4.35. The molecule has 1 unspecified atom stereocenters. The molecule has 1 heterocycles. The van der Waals surface area contributed by atoms with E-state index in [-0.39, 0.29) is 36.2 Å². The van der Waals surface area contributed by atoms with Gasteiger partial charge in [-0.1, -0.05) is 44.2 Å². The largest absolute Gasteiger partial charge is 0.478 e. The summed E-state index contributed by atoms with van der Waals surface area (Å²) < 4.78 is 17.7. The summed E-state index contributed by atoms with van der Waals surface area (Å²) in [6, 6.07) is 5.78. The van der Waals surface area contributed by atoms with Gasteiger partial charge in [-0.2, -0.15) is 0 Å². The van der Waals surface area contributed by atoms with Crippen molar-refractivity contribution >= 4 is 11.9 Å². The number of hydrogen-bond acceptors (Lipinski definition) is 7. The Morgan fingerprint density at radius 2 is 1.97 bits per heavy atom. The third kappa shape index (κ3) is 6.44. The molecule has 37 heavy (non-hydrogen) atoms. The molecule has 8 atom stereocenters. The predicted molar refractivity (Wildman–Crippen MR) is 139 cm³/mol. The molecule has 1 fully saturated rings. The van der Waals surface area contributed by atoms with Crippen LogP contribution in [0.2, 0.25) is 0 Å². The number of rotatable bonds is 8. The van der Waals surface area contributed by atoms with Crippen LogP contribution in [-0.4, -0.2) is 52.7 Å². The highest BCUT2D eigenvalue weighted by Crippen LogP contribution is 2.44. The molecule has 4 rings (SSSR count). The van der Waals surface area contributed by atoms with Crippen LogP contribution < -0.4 is 4.74 Å². The molecule has 0 saturated carbocycles. The first-order valence-electron chi connectivity index (χ1n) is 13.5. The Morgan fingerprint density at radius 3 is 2.70 bits per heavy atom. The second-order valence-corrected chi connectivity index (χ2v) is 10.8. The third-order valence-electron chi connectivity index (χ3n) is 8.16. The van der Waals surface area contributed by atoms with Gasteiger partial charge in [0.1, 0.15) is 18.0 Å². The Kier molecular flexibility index (Phi) is 8.75. The summed E-state index contributed by atoms with van der Waals surface area (Å²) >= 11 is 0. The molecular weight excluding hydrogens is 472 g/mol. The number of cyclic esters (lactones) is 1. The van der Waals surface area contributed by atoms with Crippen molar-refractivity contribution in [1.29, 1.82) is 0 Å². The molecule has 1 aromatic carbocycles. The van der Waals surface area contributed by atoms with Crippen LogP contribution in [-0.2, 0) is 19.1 Å². The fraction of sp³-hybridized carbons (Fsp3) is 0.600. The van der Waals surface area contributed by atoms with Gasteiger partial charge in [0.2, 0.25) is 0 Å². The highest BCUT2D eigenvalue weighted by molar-refractivity contribution is 5.75. The lowest BCUT2D eigenvalue weighted by molar-refractivity contribution is -0.165. The normalized spacial score (nSPS) is 32.1. The molecule has 2 N–H and O–H groups in total. The van der Waals surface area contributed by atoms with Gasteiger partial charge in [0, 0.05) is 18.8 Å². The van der Waals surface area contributed by atoms with Crippen molar-refractivity contribution in [2.75, 3.05) is 0 Å². The molecule has 2 aliphatic carbocycles. The smallest absolute Gasteiger partial charge is 0.347 e. The van der Waals surface area contributed by atoms with Crippen molar-refractivity contribution < 1.29 is 34.0 Å². The number of allylic oxidation sites excluding steroid dienone is 2.